The molecule has 1 unspecified atom stereocenters. The van der Waals surface area contributed by atoms with E-state index < -0.39 is 0 Å². The van der Waals surface area contributed by atoms with Gasteiger partial charge in [0.1, 0.15) is 18.1 Å². The van der Waals surface area contributed by atoms with Crippen molar-refractivity contribution in [3.05, 3.63) is 24.3 Å². The van der Waals surface area contributed by atoms with E-state index in [1.807, 2.05) is 0 Å². The van der Waals surface area contributed by atoms with Gasteiger partial charge in [-0.15, -0.1) is 0 Å². The van der Waals surface area contributed by atoms with Crippen LogP contribution in [0.1, 0.15) is 12.8 Å². The predicted molar refractivity (Wildman–Crippen MR) is 67.2 cm³/mol. The van der Waals surface area contributed by atoms with E-state index in [4.69, 9.17) is 15.6 Å². The maximum Gasteiger partial charge on any atom is 0.119 e. The third-order valence-electron chi connectivity index (χ3n) is 3.27. The monoisotopic (exact) mass is 236 g/mol. The molecule has 2 rings (SSSR count). The Morgan fingerprint density at radius 2 is 1.94 bits per heavy atom. The van der Waals surface area contributed by atoms with Crippen molar-refractivity contribution >= 4 is 0 Å². The lowest BCUT2D eigenvalue weighted by Crippen LogP contribution is -2.41. The van der Waals surface area contributed by atoms with Gasteiger partial charge >= 0.3 is 0 Å². The van der Waals surface area contributed by atoms with Crippen LogP contribution in [-0.4, -0.2) is 30.8 Å². The van der Waals surface area contributed by atoms with Crippen LogP contribution < -0.4 is 15.8 Å². The summed E-state index contributed by atoms with van der Waals surface area (Å²) in [7, 11) is 0. The number of nitrogens with two attached hydrogens (primary N) is 1. The van der Waals surface area contributed by atoms with Crippen LogP contribution in [0.25, 0.3) is 0 Å². The zero-order valence-corrected chi connectivity index (χ0v) is 9.93. The molecule has 1 aromatic carbocycles. The number of nitrogens with one attached hydrogen (secondary N) is 1. The highest BCUT2D eigenvalue weighted by atomic mass is 16.5. The molecule has 94 valence electrons. The molecule has 4 N–H and O–H groups in total. The van der Waals surface area contributed by atoms with E-state index in [-0.39, 0.29) is 11.8 Å². The maximum atomic E-state index is 9.15. The number of benzene rings is 1. The van der Waals surface area contributed by atoms with Crippen molar-refractivity contribution in [2.24, 2.45) is 11.7 Å². The first-order chi connectivity index (χ1) is 8.25. The molecule has 17 heavy (non-hydrogen) atoms. The number of hydrogen-bond donors (Lipinski definition) is 3. The number of phenolic OH excluding ortho intramolecular Hbond substituents is 1. The second kappa shape index (κ2) is 5.89. The van der Waals surface area contributed by atoms with Gasteiger partial charge in [0.05, 0.1) is 0 Å². The van der Waals surface area contributed by atoms with Crippen LogP contribution in [0.2, 0.25) is 0 Å². The van der Waals surface area contributed by atoms with Gasteiger partial charge in [-0.3, -0.25) is 0 Å². The van der Waals surface area contributed by atoms with Crippen LogP contribution in [-0.2, 0) is 0 Å². The summed E-state index contributed by atoms with van der Waals surface area (Å²) < 4.78 is 5.62. The maximum absolute atomic E-state index is 9.15. The second-order valence-corrected chi connectivity index (χ2v) is 4.56. The predicted octanol–water partition coefficient (Wildman–Crippen LogP) is 1.10. The summed E-state index contributed by atoms with van der Waals surface area (Å²) in [6.45, 7) is 2.64. The molecule has 1 fully saturated rings. The number of rotatable bonds is 4. The van der Waals surface area contributed by atoms with E-state index in [1.165, 1.54) is 0 Å². The van der Waals surface area contributed by atoms with Gasteiger partial charge in [-0.05, 0) is 56.1 Å². The summed E-state index contributed by atoms with van der Waals surface area (Å²) >= 11 is 0. The summed E-state index contributed by atoms with van der Waals surface area (Å²) in [6.07, 6.45) is 2.25. The van der Waals surface area contributed by atoms with E-state index in [1.54, 1.807) is 24.3 Å². The normalized spacial score (nSPS) is 18.9. The van der Waals surface area contributed by atoms with Crippen molar-refractivity contribution in [3.8, 4) is 11.5 Å². The molecular weight excluding hydrogens is 216 g/mol. The smallest absolute Gasteiger partial charge is 0.119 e. The summed E-state index contributed by atoms with van der Waals surface area (Å²) in [6, 6.07) is 6.83. The van der Waals surface area contributed by atoms with E-state index >= 15 is 0 Å². The molecule has 0 spiro atoms. The first-order valence-corrected chi connectivity index (χ1v) is 6.14. The van der Waals surface area contributed by atoms with Crippen molar-refractivity contribution in [3.63, 3.8) is 0 Å². The van der Waals surface area contributed by atoms with Crippen molar-refractivity contribution < 1.29 is 9.84 Å². The summed E-state index contributed by atoms with van der Waals surface area (Å²) in [5, 5.41) is 12.5. The largest absolute Gasteiger partial charge is 0.508 e. The van der Waals surface area contributed by atoms with Crippen molar-refractivity contribution in [2.75, 3.05) is 19.7 Å². The fourth-order valence-electron chi connectivity index (χ4n) is 2.14. The fourth-order valence-corrected chi connectivity index (χ4v) is 2.14. The van der Waals surface area contributed by atoms with Gasteiger partial charge in [0.15, 0.2) is 0 Å². The molecule has 1 aliphatic heterocycles. The van der Waals surface area contributed by atoms with Gasteiger partial charge in [0.2, 0.25) is 0 Å². The number of piperidine rings is 1. The molecule has 1 aromatic rings. The molecule has 4 heteroatoms. The van der Waals surface area contributed by atoms with Crippen LogP contribution in [0.5, 0.6) is 11.5 Å². The Labute approximate surface area is 102 Å². The standard InChI is InChI=1S/C13H20N2O2/c14-13(10-5-7-15-8-6-10)9-17-12-3-1-11(16)2-4-12/h1-4,10,13,15-16H,5-9,14H2. The Bertz CT molecular complexity index is 334. The molecule has 1 saturated heterocycles. The number of ether oxygens (including phenoxy) is 1. The van der Waals surface area contributed by atoms with Crippen LogP contribution in [0.4, 0.5) is 0 Å². The molecule has 1 aliphatic rings. The molecule has 0 bridgehead atoms. The summed E-state index contributed by atoms with van der Waals surface area (Å²) in [5.74, 6) is 1.56. The van der Waals surface area contributed by atoms with E-state index in [9.17, 15) is 0 Å². The molecule has 4 nitrogen and oxygen atoms in total. The highest BCUT2D eigenvalue weighted by molar-refractivity contribution is 5.30. The Morgan fingerprint density at radius 3 is 2.59 bits per heavy atom. The fraction of sp³-hybridized carbons (Fsp3) is 0.538. The molecule has 1 atom stereocenters. The average molecular weight is 236 g/mol. The quantitative estimate of drug-likeness (QED) is 0.732. The number of aromatic hydroxyl groups is 1. The molecule has 0 amide bonds. The topological polar surface area (TPSA) is 67.5 Å². The van der Waals surface area contributed by atoms with Gasteiger partial charge in [-0.25, -0.2) is 0 Å². The minimum Gasteiger partial charge on any atom is -0.508 e. The van der Waals surface area contributed by atoms with Gasteiger partial charge < -0.3 is 20.9 Å². The van der Waals surface area contributed by atoms with Gasteiger partial charge in [0.25, 0.3) is 0 Å². The van der Waals surface area contributed by atoms with Crippen molar-refractivity contribution in [1.82, 2.24) is 5.32 Å². The lowest BCUT2D eigenvalue weighted by atomic mass is 9.91. The lowest BCUT2D eigenvalue weighted by molar-refractivity contribution is 0.219. The molecule has 0 aliphatic carbocycles. The Balaban J connectivity index is 1.78. The third kappa shape index (κ3) is 3.61. The highest BCUT2D eigenvalue weighted by Crippen LogP contribution is 2.18. The van der Waals surface area contributed by atoms with Gasteiger partial charge in [-0.1, -0.05) is 0 Å². The summed E-state index contributed by atoms with van der Waals surface area (Å²) in [4.78, 5) is 0. The zero-order chi connectivity index (χ0) is 12.1. The molecule has 0 radical (unpaired) electrons. The Morgan fingerprint density at radius 1 is 1.29 bits per heavy atom. The molecule has 1 heterocycles. The Kier molecular flexibility index (Phi) is 4.23. The number of phenols is 1. The molecule has 0 saturated carbocycles. The number of hydrogen-bond acceptors (Lipinski definition) is 4. The van der Waals surface area contributed by atoms with E-state index in [0.717, 1.165) is 31.7 Å². The lowest BCUT2D eigenvalue weighted by Gasteiger charge is -2.27. The summed E-state index contributed by atoms with van der Waals surface area (Å²) in [5.41, 5.74) is 6.12. The van der Waals surface area contributed by atoms with E-state index in [2.05, 4.69) is 5.32 Å². The first-order valence-electron chi connectivity index (χ1n) is 6.14. The van der Waals surface area contributed by atoms with Gasteiger partial charge in [0, 0.05) is 6.04 Å². The third-order valence-corrected chi connectivity index (χ3v) is 3.27. The first kappa shape index (κ1) is 12.2. The van der Waals surface area contributed by atoms with E-state index in [0.29, 0.717) is 12.5 Å². The van der Waals surface area contributed by atoms with Crippen LogP contribution in [0.3, 0.4) is 0 Å². The minimum atomic E-state index is 0.0888. The SMILES string of the molecule is NC(COc1ccc(O)cc1)C1CCNCC1. The second-order valence-electron chi connectivity index (χ2n) is 4.56. The zero-order valence-electron chi connectivity index (χ0n) is 9.93. The van der Waals surface area contributed by atoms with Crippen LogP contribution >= 0.6 is 0 Å². The van der Waals surface area contributed by atoms with Crippen LogP contribution in [0, 0.1) is 5.92 Å². The molecule has 0 aromatic heterocycles. The van der Waals surface area contributed by atoms with Gasteiger partial charge in [-0.2, -0.15) is 0 Å². The molecular formula is C13H20N2O2. The van der Waals surface area contributed by atoms with Crippen molar-refractivity contribution in [1.29, 1.82) is 0 Å². The van der Waals surface area contributed by atoms with Crippen molar-refractivity contribution in [2.45, 2.75) is 18.9 Å². The minimum absolute atomic E-state index is 0.0888. The highest BCUT2D eigenvalue weighted by Gasteiger charge is 2.20. The Hall–Kier alpha value is -1.26. The average Bonchev–Trinajstić information content (AvgIpc) is 2.39. The van der Waals surface area contributed by atoms with Crippen LogP contribution in [0.15, 0.2) is 24.3 Å².